The van der Waals surface area contributed by atoms with Gasteiger partial charge >= 0.3 is 5.97 Å². The Morgan fingerprint density at radius 3 is 2.22 bits per heavy atom. The molecule has 4 nitrogen and oxygen atoms in total. The molecule has 4 heteroatoms. The molecule has 0 amide bonds. The quantitative estimate of drug-likeness (QED) is 0.234. The van der Waals surface area contributed by atoms with E-state index in [0.29, 0.717) is 22.5 Å². The molecule has 0 bridgehead atoms. The Balaban J connectivity index is 2.33. The number of aliphatic hydroxyl groups is 1. The molecule has 0 fully saturated rings. The third-order valence-corrected chi connectivity index (χ3v) is 4.95. The Kier molecular flexibility index (Phi) is 7.90. The van der Waals surface area contributed by atoms with Crippen molar-refractivity contribution in [2.75, 3.05) is 0 Å². The molecule has 2 rings (SSSR count). The van der Waals surface area contributed by atoms with Crippen LogP contribution in [-0.2, 0) is 16.0 Å². The molecule has 1 N–H and O–H groups in total. The highest BCUT2D eigenvalue weighted by molar-refractivity contribution is 6.05. The molecule has 2 aromatic carbocycles. The van der Waals surface area contributed by atoms with Gasteiger partial charge in [-0.05, 0) is 73.2 Å². The summed E-state index contributed by atoms with van der Waals surface area (Å²) in [5.74, 6) is -0.401. The van der Waals surface area contributed by atoms with Crippen LogP contribution < -0.4 is 4.74 Å². The zero-order valence-corrected chi connectivity index (χ0v) is 19.2. The summed E-state index contributed by atoms with van der Waals surface area (Å²) < 4.78 is 5.25. The van der Waals surface area contributed by atoms with Crippen molar-refractivity contribution in [1.82, 2.24) is 0 Å². The topological polar surface area (TPSA) is 63.6 Å². The van der Waals surface area contributed by atoms with E-state index in [2.05, 4.69) is 26.7 Å². The van der Waals surface area contributed by atoms with Gasteiger partial charge in [0.05, 0.1) is 0 Å². The molecule has 0 aliphatic carbocycles. The molecule has 32 heavy (non-hydrogen) atoms. The number of carbonyl (C=O) groups excluding carboxylic acids is 2. The van der Waals surface area contributed by atoms with Gasteiger partial charge in [0.15, 0.2) is 5.78 Å². The first-order valence-corrected chi connectivity index (χ1v) is 10.4. The average molecular weight is 431 g/mol. The molecule has 0 radical (unpaired) electrons. The van der Waals surface area contributed by atoms with Crippen LogP contribution in [-0.4, -0.2) is 22.5 Å². The smallest absolute Gasteiger partial charge is 0.338 e. The first-order valence-electron chi connectivity index (χ1n) is 10.4. The van der Waals surface area contributed by atoms with Crippen molar-refractivity contribution in [2.24, 2.45) is 0 Å². The van der Waals surface area contributed by atoms with E-state index in [-0.39, 0.29) is 0 Å². The van der Waals surface area contributed by atoms with Crippen LogP contribution in [0.1, 0.15) is 38.8 Å². The van der Waals surface area contributed by atoms with E-state index in [1.165, 1.54) is 19.9 Å². The summed E-state index contributed by atoms with van der Waals surface area (Å²) in [7, 11) is 0. The lowest BCUT2D eigenvalue weighted by Gasteiger charge is -2.17. The fourth-order valence-electron chi connectivity index (χ4n) is 3.11. The number of esters is 1. The monoisotopic (exact) mass is 430 g/mol. The van der Waals surface area contributed by atoms with Crippen LogP contribution in [0, 0.1) is 0 Å². The summed E-state index contributed by atoms with van der Waals surface area (Å²) in [6, 6.07) is 13.3. The minimum Gasteiger partial charge on any atom is -0.423 e. The number of rotatable bonds is 9. The molecular formula is C28H30O4. The molecule has 0 heterocycles. The van der Waals surface area contributed by atoms with Gasteiger partial charge in [-0.2, -0.15) is 0 Å². The van der Waals surface area contributed by atoms with Crippen molar-refractivity contribution < 1.29 is 19.4 Å². The van der Waals surface area contributed by atoms with E-state index in [9.17, 15) is 14.7 Å². The molecule has 0 unspecified atom stereocenters. The van der Waals surface area contributed by atoms with Crippen LogP contribution in [0.25, 0.3) is 16.7 Å². The molecule has 0 aliphatic rings. The summed E-state index contributed by atoms with van der Waals surface area (Å²) in [6.07, 6.45) is 3.87. The Morgan fingerprint density at radius 1 is 1.09 bits per heavy atom. The molecular weight excluding hydrogens is 400 g/mol. The van der Waals surface area contributed by atoms with Gasteiger partial charge in [0.25, 0.3) is 0 Å². The van der Waals surface area contributed by atoms with Gasteiger partial charge < -0.3 is 9.84 Å². The van der Waals surface area contributed by atoms with Crippen molar-refractivity contribution in [3.63, 3.8) is 0 Å². The summed E-state index contributed by atoms with van der Waals surface area (Å²) >= 11 is 0. The highest BCUT2D eigenvalue weighted by Gasteiger charge is 2.25. The van der Waals surface area contributed by atoms with Gasteiger partial charge in [-0.25, -0.2) is 4.79 Å². The average Bonchev–Trinajstić information content (AvgIpc) is 2.76. The minimum absolute atomic E-state index is 0.310. The Bertz CT molecular complexity index is 1090. The molecule has 0 spiro atoms. The largest absolute Gasteiger partial charge is 0.423 e. The molecule has 0 saturated carbocycles. The summed E-state index contributed by atoms with van der Waals surface area (Å²) in [4.78, 5) is 24.1. The molecule has 0 aromatic heterocycles. The van der Waals surface area contributed by atoms with Crippen LogP contribution in [0.5, 0.6) is 5.75 Å². The Labute approximate surface area is 190 Å². The normalized spacial score (nSPS) is 11.6. The zero-order valence-electron chi connectivity index (χ0n) is 19.2. The Hall–Kier alpha value is -3.50. The standard InChI is InChI=1S/C28H30O4/c1-8-20-17-23(19(5)16-21(9-2)26(29)28(6,7)31)12-15-25(20)22-10-13-24(14-11-22)32-27(30)18(3)4/h9-17,31H,2-3,5,8H2,1,4,6-7H3/b21-16+. The Morgan fingerprint density at radius 2 is 1.72 bits per heavy atom. The maximum Gasteiger partial charge on any atom is 0.338 e. The van der Waals surface area contributed by atoms with E-state index in [0.717, 1.165) is 28.7 Å². The third-order valence-electron chi connectivity index (χ3n) is 4.95. The van der Waals surface area contributed by atoms with Crippen LogP contribution in [0.2, 0.25) is 0 Å². The van der Waals surface area contributed by atoms with Crippen molar-refractivity contribution >= 4 is 17.3 Å². The first-order chi connectivity index (χ1) is 15.0. The van der Waals surface area contributed by atoms with Gasteiger partial charge in [-0.1, -0.05) is 63.1 Å². The van der Waals surface area contributed by atoms with Crippen LogP contribution in [0.4, 0.5) is 0 Å². The lowest BCUT2D eigenvalue weighted by Crippen LogP contribution is -2.31. The summed E-state index contributed by atoms with van der Waals surface area (Å²) in [6.45, 7) is 17.9. The maximum absolute atomic E-state index is 12.4. The molecule has 0 atom stereocenters. The highest BCUT2D eigenvalue weighted by atomic mass is 16.5. The van der Waals surface area contributed by atoms with E-state index in [4.69, 9.17) is 4.74 Å². The summed E-state index contributed by atoms with van der Waals surface area (Å²) in [5.41, 5.74) is 3.86. The molecule has 0 aliphatic heterocycles. The van der Waals surface area contributed by atoms with E-state index in [1.54, 1.807) is 25.1 Å². The van der Waals surface area contributed by atoms with Gasteiger partial charge in [0, 0.05) is 11.1 Å². The number of aryl methyl sites for hydroxylation is 1. The second kappa shape index (κ2) is 10.2. The molecule has 166 valence electrons. The second-order valence-corrected chi connectivity index (χ2v) is 8.14. The lowest BCUT2D eigenvalue weighted by atomic mass is 9.91. The number of allylic oxidation sites excluding steroid dienone is 3. The van der Waals surface area contributed by atoms with Crippen LogP contribution in [0.3, 0.4) is 0 Å². The first kappa shape index (κ1) is 24.8. The van der Waals surface area contributed by atoms with Crippen LogP contribution >= 0.6 is 0 Å². The zero-order chi connectivity index (χ0) is 24.1. The van der Waals surface area contributed by atoms with E-state index >= 15 is 0 Å². The predicted molar refractivity (Wildman–Crippen MR) is 130 cm³/mol. The van der Waals surface area contributed by atoms with Gasteiger partial charge in [-0.15, -0.1) is 0 Å². The number of hydrogen-bond donors (Lipinski definition) is 1. The number of ketones is 1. The number of Topliss-reactive ketones (excluding diaryl/α,β-unsaturated/α-hetero) is 1. The third kappa shape index (κ3) is 6.02. The van der Waals surface area contributed by atoms with Crippen molar-refractivity contribution in [3.8, 4) is 16.9 Å². The van der Waals surface area contributed by atoms with Crippen LogP contribution in [0.15, 0.2) is 85.5 Å². The maximum atomic E-state index is 12.4. The fourth-order valence-corrected chi connectivity index (χ4v) is 3.11. The van der Waals surface area contributed by atoms with Gasteiger partial charge in [-0.3, -0.25) is 4.79 Å². The van der Waals surface area contributed by atoms with E-state index in [1.807, 2.05) is 30.3 Å². The fraction of sp³-hybridized carbons (Fsp3) is 0.214. The lowest BCUT2D eigenvalue weighted by molar-refractivity contribution is -0.130. The summed E-state index contributed by atoms with van der Waals surface area (Å²) in [5, 5.41) is 10.0. The number of carbonyl (C=O) groups is 2. The van der Waals surface area contributed by atoms with Crippen molar-refractivity contribution in [2.45, 2.75) is 39.7 Å². The SMILES string of the molecule is C=C/C(=C\C(=C)c1ccc(-c2ccc(OC(=O)C(=C)C)cc2)c(CC)c1)C(=O)C(C)(C)O. The molecule has 2 aromatic rings. The predicted octanol–water partition coefficient (Wildman–Crippen LogP) is 5.86. The van der Waals surface area contributed by atoms with Crippen molar-refractivity contribution in [3.05, 3.63) is 96.6 Å². The number of ether oxygens (including phenoxy) is 1. The van der Waals surface area contributed by atoms with E-state index < -0.39 is 17.4 Å². The van der Waals surface area contributed by atoms with Gasteiger partial charge in [0.2, 0.25) is 0 Å². The van der Waals surface area contributed by atoms with Gasteiger partial charge in [0.1, 0.15) is 11.4 Å². The molecule has 0 saturated heterocycles. The number of benzene rings is 2. The second-order valence-electron chi connectivity index (χ2n) is 8.14. The highest BCUT2D eigenvalue weighted by Crippen LogP contribution is 2.30. The minimum atomic E-state index is -1.48. The van der Waals surface area contributed by atoms with Crippen molar-refractivity contribution in [1.29, 1.82) is 0 Å². The number of hydrogen-bond acceptors (Lipinski definition) is 4.